The molecule has 2 aromatic rings. The van der Waals surface area contributed by atoms with Gasteiger partial charge < -0.3 is 19.7 Å². The molecule has 0 saturated carbocycles. The molecule has 27 heavy (non-hydrogen) atoms. The van der Waals surface area contributed by atoms with Crippen LogP contribution >= 0.6 is 0 Å². The highest BCUT2D eigenvalue weighted by molar-refractivity contribution is 5.44. The maximum atomic E-state index is 5.49. The van der Waals surface area contributed by atoms with Crippen molar-refractivity contribution < 1.29 is 9.47 Å². The first-order valence-electron chi connectivity index (χ1n) is 9.63. The number of hydrogen-bond acceptors (Lipinski definition) is 7. The molecule has 1 fully saturated rings. The lowest BCUT2D eigenvalue weighted by Gasteiger charge is -2.36. The first-order valence-corrected chi connectivity index (χ1v) is 9.63. The van der Waals surface area contributed by atoms with E-state index in [1.165, 1.54) is 5.56 Å². The summed E-state index contributed by atoms with van der Waals surface area (Å²) in [6.07, 6.45) is 4.04. The second kappa shape index (κ2) is 8.00. The summed E-state index contributed by atoms with van der Waals surface area (Å²) in [4.78, 5) is 13.8. The zero-order valence-corrected chi connectivity index (χ0v) is 16.0. The number of nitrogens with zero attached hydrogens (tertiary/aromatic N) is 4. The van der Waals surface area contributed by atoms with Crippen LogP contribution in [0.4, 0.5) is 11.8 Å². The van der Waals surface area contributed by atoms with Crippen molar-refractivity contribution in [2.75, 3.05) is 43.7 Å². The van der Waals surface area contributed by atoms with Crippen LogP contribution in [-0.4, -0.2) is 54.4 Å². The van der Waals surface area contributed by atoms with Crippen LogP contribution in [0.3, 0.4) is 0 Å². The van der Waals surface area contributed by atoms with Gasteiger partial charge in [0.15, 0.2) is 11.5 Å². The molecule has 1 N–H and O–H groups in total. The van der Waals surface area contributed by atoms with Gasteiger partial charge in [0, 0.05) is 45.5 Å². The van der Waals surface area contributed by atoms with Gasteiger partial charge in [-0.05, 0) is 43.5 Å². The number of ether oxygens (including phenoxy) is 2. The fourth-order valence-electron chi connectivity index (χ4n) is 3.72. The van der Waals surface area contributed by atoms with Crippen LogP contribution in [0.15, 0.2) is 30.5 Å². The molecule has 3 heterocycles. The average Bonchev–Trinajstić information content (AvgIpc) is 3.16. The predicted molar refractivity (Wildman–Crippen MR) is 105 cm³/mol. The summed E-state index contributed by atoms with van der Waals surface area (Å²) in [5.41, 5.74) is 1.27. The zero-order valence-electron chi connectivity index (χ0n) is 16.0. The lowest BCUT2D eigenvalue weighted by atomic mass is 10.0. The van der Waals surface area contributed by atoms with Crippen LogP contribution in [0.25, 0.3) is 0 Å². The summed E-state index contributed by atoms with van der Waals surface area (Å²) in [6.45, 7) is 6.33. The second-order valence-corrected chi connectivity index (χ2v) is 7.08. The third-order valence-electron chi connectivity index (χ3n) is 5.26. The van der Waals surface area contributed by atoms with Crippen LogP contribution in [-0.2, 0) is 6.54 Å². The summed E-state index contributed by atoms with van der Waals surface area (Å²) in [6, 6.07) is 8.61. The number of benzene rings is 1. The Labute approximate surface area is 160 Å². The van der Waals surface area contributed by atoms with Crippen molar-refractivity contribution in [1.82, 2.24) is 14.9 Å². The second-order valence-electron chi connectivity index (χ2n) is 7.08. The van der Waals surface area contributed by atoms with Gasteiger partial charge >= 0.3 is 0 Å². The molecular weight excluding hydrogens is 342 g/mol. The summed E-state index contributed by atoms with van der Waals surface area (Å²) in [5, 5.41) is 3.25. The van der Waals surface area contributed by atoms with E-state index in [-0.39, 0.29) is 0 Å². The van der Waals surface area contributed by atoms with Crippen molar-refractivity contribution in [2.24, 2.45) is 0 Å². The Bertz CT molecular complexity index is 777. The molecule has 2 aliphatic heterocycles. The molecule has 4 rings (SSSR count). The third kappa shape index (κ3) is 4.08. The maximum Gasteiger partial charge on any atom is 0.231 e. The van der Waals surface area contributed by atoms with Gasteiger partial charge in [0.05, 0.1) is 0 Å². The summed E-state index contributed by atoms with van der Waals surface area (Å²) < 4.78 is 10.9. The molecule has 0 bridgehead atoms. The topological polar surface area (TPSA) is 62.8 Å². The van der Waals surface area contributed by atoms with Crippen molar-refractivity contribution in [1.29, 1.82) is 0 Å². The molecule has 1 aromatic heterocycles. The van der Waals surface area contributed by atoms with E-state index >= 15 is 0 Å². The van der Waals surface area contributed by atoms with E-state index in [2.05, 4.69) is 51.2 Å². The molecule has 2 aliphatic rings. The first-order chi connectivity index (χ1) is 13.2. The Morgan fingerprint density at radius 3 is 2.81 bits per heavy atom. The SMILES string of the molecule is CCNc1ccnc(N(C)C2CCN(Cc3ccc4c(c3)OCO4)CC2)n1. The number of rotatable bonds is 6. The Morgan fingerprint density at radius 2 is 2.00 bits per heavy atom. The number of aromatic nitrogens is 2. The van der Waals surface area contributed by atoms with E-state index in [4.69, 9.17) is 9.47 Å². The number of fused-ring (bicyclic) bond motifs is 1. The lowest BCUT2D eigenvalue weighted by Crippen LogP contribution is -2.43. The molecule has 1 aromatic carbocycles. The van der Waals surface area contributed by atoms with E-state index in [0.717, 1.165) is 62.3 Å². The van der Waals surface area contributed by atoms with Gasteiger partial charge in [0.25, 0.3) is 0 Å². The van der Waals surface area contributed by atoms with E-state index in [1.54, 1.807) is 0 Å². The molecule has 0 aliphatic carbocycles. The maximum absolute atomic E-state index is 5.49. The van der Waals surface area contributed by atoms with Gasteiger partial charge in [-0.15, -0.1) is 0 Å². The highest BCUT2D eigenvalue weighted by Crippen LogP contribution is 2.33. The summed E-state index contributed by atoms with van der Waals surface area (Å²) in [7, 11) is 2.10. The molecular formula is C20H27N5O2. The Morgan fingerprint density at radius 1 is 1.19 bits per heavy atom. The van der Waals surface area contributed by atoms with Crippen molar-refractivity contribution in [3.05, 3.63) is 36.0 Å². The Kier molecular flexibility index (Phi) is 5.29. The van der Waals surface area contributed by atoms with E-state index in [0.29, 0.717) is 12.8 Å². The van der Waals surface area contributed by atoms with Crippen LogP contribution in [0.5, 0.6) is 11.5 Å². The number of hydrogen-bond donors (Lipinski definition) is 1. The average molecular weight is 369 g/mol. The van der Waals surface area contributed by atoms with Gasteiger partial charge in [-0.1, -0.05) is 6.07 Å². The van der Waals surface area contributed by atoms with Gasteiger partial charge in [-0.3, -0.25) is 4.90 Å². The van der Waals surface area contributed by atoms with E-state index in [1.807, 2.05) is 18.3 Å². The van der Waals surface area contributed by atoms with Gasteiger partial charge in [-0.2, -0.15) is 4.98 Å². The highest BCUT2D eigenvalue weighted by atomic mass is 16.7. The van der Waals surface area contributed by atoms with Crippen LogP contribution in [0.1, 0.15) is 25.3 Å². The molecule has 7 nitrogen and oxygen atoms in total. The van der Waals surface area contributed by atoms with Crippen molar-refractivity contribution >= 4 is 11.8 Å². The minimum atomic E-state index is 0.327. The minimum absolute atomic E-state index is 0.327. The first kappa shape index (κ1) is 17.9. The third-order valence-corrected chi connectivity index (χ3v) is 5.26. The zero-order chi connectivity index (χ0) is 18.6. The van der Waals surface area contributed by atoms with E-state index in [9.17, 15) is 0 Å². The van der Waals surface area contributed by atoms with Crippen LogP contribution < -0.4 is 19.7 Å². The monoisotopic (exact) mass is 369 g/mol. The van der Waals surface area contributed by atoms with Crippen LogP contribution in [0.2, 0.25) is 0 Å². The number of likely N-dealkylation sites (tertiary alicyclic amines) is 1. The minimum Gasteiger partial charge on any atom is -0.454 e. The number of piperidine rings is 1. The molecule has 0 unspecified atom stereocenters. The van der Waals surface area contributed by atoms with Gasteiger partial charge in [0.2, 0.25) is 12.7 Å². The largest absolute Gasteiger partial charge is 0.454 e. The molecule has 144 valence electrons. The van der Waals surface area contributed by atoms with Crippen LogP contribution in [0, 0.1) is 0 Å². The molecule has 1 saturated heterocycles. The van der Waals surface area contributed by atoms with Crippen molar-refractivity contribution in [3.8, 4) is 11.5 Å². The smallest absolute Gasteiger partial charge is 0.231 e. The standard InChI is InChI=1S/C20H27N5O2/c1-3-21-19-6-9-22-20(23-19)24(2)16-7-10-25(11-8-16)13-15-4-5-17-18(12-15)27-14-26-17/h4-6,9,12,16H,3,7-8,10-11,13-14H2,1-2H3,(H,21,22,23). The molecule has 7 heteroatoms. The summed E-state index contributed by atoms with van der Waals surface area (Å²) >= 11 is 0. The Balaban J connectivity index is 1.32. The number of nitrogens with one attached hydrogen (secondary N) is 1. The molecule has 0 amide bonds. The highest BCUT2D eigenvalue weighted by Gasteiger charge is 2.24. The fraction of sp³-hybridized carbons (Fsp3) is 0.500. The number of anilines is 2. The fourth-order valence-corrected chi connectivity index (χ4v) is 3.72. The normalized spacial score (nSPS) is 17.1. The predicted octanol–water partition coefficient (Wildman–Crippen LogP) is 2.74. The lowest BCUT2D eigenvalue weighted by molar-refractivity contribution is 0.173. The van der Waals surface area contributed by atoms with Gasteiger partial charge in [-0.25, -0.2) is 4.98 Å². The van der Waals surface area contributed by atoms with Gasteiger partial charge in [0.1, 0.15) is 5.82 Å². The summed E-state index contributed by atoms with van der Waals surface area (Å²) in [5.74, 6) is 3.39. The molecule has 0 radical (unpaired) electrons. The molecule has 0 atom stereocenters. The van der Waals surface area contributed by atoms with Crippen molar-refractivity contribution in [2.45, 2.75) is 32.4 Å². The van der Waals surface area contributed by atoms with Crippen molar-refractivity contribution in [3.63, 3.8) is 0 Å². The molecule has 0 spiro atoms. The van der Waals surface area contributed by atoms with E-state index < -0.39 is 0 Å². The Hall–Kier alpha value is -2.54. The quantitative estimate of drug-likeness (QED) is 0.840.